The maximum Gasteiger partial charge on any atom is 0.345 e. The van der Waals surface area contributed by atoms with Crippen LogP contribution >= 0.6 is 23.1 Å². The van der Waals surface area contributed by atoms with Gasteiger partial charge >= 0.3 is 5.97 Å². The van der Waals surface area contributed by atoms with Gasteiger partial charge in [-0.1, -0.05) is 0 Å². The highest BCUT2D eigenvalue weighted by Gasteiger charge is 2.29. The van der Waals surface area contributed by atoms with E-state index in [9.17, 15) is 13.2 Å². The average Bonchev–Trinajstić information content (AvgIpc) is 2.95. The Bertz CT molecular complexity index is 566. The van der Waals surface area contributed by atoms with Crippen LogP contribution in [0.25, 0.3) is 0 Å². The maximum absolute atomic E-state index is 12.1. The Morgan fingerprint density at radius 3 is 2.74 bits per heavy atom. The van der Waals surface area contributed by atoms with Crippen LogP contribution < -0.4 is 4.72 Å². The van der Waals surface area contributed by atoms with E-state index in [0.717, 1.165) is 30.6 Å². The predicted octanol–water partition coefficient (Wildman–Crippen LogP) is 2.01. The van der Waals surface area contributed by atoms with E-state index in [2.05, 4.69) is 4.72 Å². The molecule has 0 bridgehead atoms. The monoisotopic (exact) mass is 321 g/mol. The first kappa shape index (κ1) is 14.8. The van der Waals surface area contributed by atoms with E-state index in [1.165, 1.54) is 12.1 Å². The molecule has 0 amide bonds. The van der Waals surface area contributed by atoms with Gasteiger partial charge in [-0.3, -0.25) is 0 Å². The van der Waals surface area contributed by atoms with Crippen molar-refractivity contribution in [2.75, 3.05) is 6.26 Å². The summed E-state index contributed by atoms with van der Waals surface area (Å²) in [5, 5.41) is 9.31. The minimum atomic E-state index is -3.59. The molecule has 0 saturated heterocycles. The highest BCUT2D eigenvalue weighted by Crippen LogP contribution is 2.30. The van der Waals surface area contributed by atoms with Crippen LogP contribution in [-0.4, -0.2) is 37.0 Å². The van der Waals surface area contributed by atoms with Gasteiger partial charge in [-0.2, -0.15) is 11.8 Å². The summed E-state index contributed by atoms with van der Waals surface area (Å²) in [5.74, 6) is -1.10. The van der Waals surface area contributed by atoms with Gasteiger partial charge in [-0.05, 0) is 37.7 Å². The molecular formula is C11H15NO4S3. The van der Waals surface area contributed by atoms with Crippen LogP contribution in [0.5, 0.6) is 0 Å². The number of hydrogen-bond donors (Lipinski definition) is 2. The first-order valence-electron chi connectivity index (χ1n) is 5.80. The number of carboxylic acids is 1. The molecule has 106 valence electrons. The molecular weight excluding hydrogens is 306 g/mol. The van der Waals surface area contributed by atoms with Crippen LogP contribution in [0.15, 0.2) is 16.3 Å². The SMILES string of the molecule is CSC1CCC(NS(=O)(=O)c2ccc(C(=O)O)s2)C1. The van der Waals surface area contributed by atoms with Gasteiger partial charge in [0.2, 0.25) is 10.0 Å². The van der Waals surface area contributed by atoms with Crippen LogP contribution in [0.2, 0.25) is 0 Å². The van der Waals surface area contributed by atoms with Crippen molar-refractivity contribution in [1.29, 1.82) is 0 Å². The molecule has 2 N–H and O–H groups in total. The van der Waals surface area contributed by atoms with Crippen LogP contribution in [0, 0.1) is 0 Å². The van der Waals surface area contributed by atoms with Crippen molar-refractivity contribution < 1.29 is 18.3 Å². The first-order chi connectivity index (χ1) is 8.92. The number of carbonyl (C=O) groups is 1. The summed E-state index contributed by atoms with van der Waals surface area (Å²) in [7, 11) is -3.59. The van der Waals surface area contributed by atoms with Gasteiger partial charge in [0.25, 0.3) is 0 Å². The lowest BCUT2D eigenvalue weighted by Gasteiger charge is -2.11. The number of thioether (sulfide) groups is 1. The third-order valence-electron chi connectivity index (χ3n) is 3.10. The van der Waals surface area contributed by atoms with Crippen LogP contribution in [-0.2, 0) is 10.0 Å². The zero-order valence-electron chi connectivity index (χ0n) is 10.3. The number of sulfonamides is 1. The number of aromatic carboxylic acids is 1. The highest BCUT2D eigenvalue weighted by molar-refractivity contribution is 7.99. The Morgan fingerprint density at radius 2 is 2.21 bits per heavy atom. The van der Waals surface area contributed by atoms with Gasteiger partial charge in [0, 0.05) is 11.3 Å². The molecule has 1 heterocycles. The van der Waals surface area contributed by atoms with Gasteiger partial charge in [-0.15, -0.1) is 11.3 Å². The normalized spacial score (nSPS) is 23.6. The molecule has 1 aliphatic carbocycles. The van der Waals surface area contributed by atoms with E-state index in [0.29, 0.717) is 5.25 Å². The van der Waals surface area contributed by atoms with Gasteiger partial charge in [0.15, 0.2) is 0 Å². The second-order valence-electron chi connectivity index (χ2n) is 4.41. The molecule has 1 aromatic rings. The Balaban J connectivity index is 2.08. The molecule has 1 fully saturated rings. The Kier molecular flexibility index (Phi) is 4.54. The second kappa shape index (κ2) is 5.82. The standard InChI is InChI=1S/C11H15NO4S3/c1-17-8-3-2-7(6-8)12-19(15,16)10-5-4-9(18-10)11(13)14/h4-5,7-8,12H,2-3,6H2,1H3,(H,13,14). The summed E-state index contributed by atoms with van der Waals surface area (Å²) < 4.78 is 27.0. The molecule has 2 unspecified atom stereocenters. The van der Waals surface area contributed by atoms with Crippen LogP contribution in [0.1, 0.15) is 28.9 Å². The molecule has 0 spiro atoms. The van der Waals surface area contributed by atoms with Crippen LogP contribution in [0.4, 0.5) is 0 Å². The molecule has 8 heteroatoms. The van der Waals surface area contributed by atoms with E-state index in [-0.39, 0.29) is 15.1 Å². The molecule has 0 aliphatic heterocycles. The van der Waals surface area contributed by atoms with Gasteiger partial charge in [0.05, 0.1) is 0 Å². The third-order valence-corrected chi connectivity index (χ3v) is 7.28. The number of carboxylic acid groups (broad SMARTS) is 1. The van der Waals surface area contributed by atoms with E-state index in [1.807, 2.05) is 6.26 Å². The van der Waals surface area contributed by atoms with Crippen molar-refractivity contribution >= 4 is 39.1 Å². The zero-order valence-corrected chi connectivity index (χ0v) is 12.8. The number of hydrogen-bond acceptors (Lipinski definition) is 5. The molecule has 2 rings (SSSR count). The lowest BCUT2D eigenvalue weighted by atomic mass is 10.3. The summed E-state index contributed by atoms with van der Waals surface area (Å²) in [5.41, 5.74) is 0. The molecule has 1 aliphatic rings. The summed E-state index contributed by atoms with van der Waals surface area (Å²) in [4.78, 5) is 10.8. The highest BCUT2D eigenvalue weighted by atomic mass is 32.2. The molecule has 0 aromatic carbocycles. The lowest BCUT2D eigenvalue weighted by molar-refractivity contribution is 0.0702. The van der Waals surface area contributed by atoms with Crippen molar-refractivity contribution in [1.82, 2.24) is 4.72 Å². The first-order valence-corrected chi connectivity index (χ1v) is 9.39. The number of rotatable bonds is 5. The van der Waals surface area contributed by atoms with E-state index < -0.39 is 16.0 Å². The largest absolute Gasteiger partial charge is 0.477 e. The fourth-order valence-electron chi connectivity index (χ4n) is 2.12. The quantitative estimate of drug-likeness (QED) is 0.867. The van der Waals surface area contributed by atoms with Crippen molar-refractivity contribution in [3.8, 4) is 0 Å². The molecule has 5 nitrogen and oxygen atoms in total. The summed E-state index contributed by atoms with van der Waals surface area (Å²) >= 11 is 2.54. The second-order valence-corrected chi connectivity index (χ2v) is 8.58. The molecule has 1 aromatic heterocycles. The molecule has 0 radical (unpaired) electrons. The average molecular weight is 321 g/mol. The summed E-state index contributed by atoms with van der Waals surface area (Å²) in [6, 6.07) is 2.62. The van der Waals surface area contributed by atoms with E-state index in [4.69, 9.17) is 5.11 Å². The Labute approximate surface area is 120 Å². The molecule has 1 saturated carbocycles. The van der Waals surface area contributed by atoms with Gasteiger partial charge in [0.1, 0.15) is 9.09 Å². The van der Waals surface area contributed by atoms with Crippen molar-refractivity contribution in [2.45, 2.75) is 34.8 Å². The summed E-state index contributed by atoms with van der Waals surface area (Å²) in [6.07, 6.45) is 4.71. The Morgan fingerprint density at radius 1 is 1.47 bits per heavy atom. The van der Waals surface area contributed by atoms with Crippen molar-refractivity contribution in [3.63, 3.8) is 0 Å². The molecule has 2 atom stereocenters. The fourth-order valence-corrected chi connectivity index (χ4v) is 5.36. The predicted molar refractivity (Wildman–Crippen MR) is 76.5 cm³/mol. The number of thiophene rings is 1. The maximum atomic E-state index is 12.1. The minimum absolute atomic E-state index is 0.0359. The third kappa shape index (κ3) is 3.50. The topological polar surface area (TPSA) is 83.5 Å². The fraction of sp³-hybridized carbons (Fsp3) is 0.545. The van der Waals surface area contributed by atoms with Gasteiger partial charge in [-0.25, -0.2) is 17.9 Å². The lowest BCUT2D eigenvalue weighted by Crippen LogP contribution is -2.32. The smallest absolute Gasteiger partial charge is 0.345 e. The number of nitrogens with one attached hydrogen (secondary N) is 1. The van der Waals surface area contributed by atoms with Crippen LogP contribution in [0.3, 0.4) is 0 Å². The van der Waals surface area contributed by atoms with Crippen molar-refractivity contribution in [2.24, 2.45) is 0 Å². The Hall–Kier alpha value is -0.570. The van der Waals surface area contributed by atoms with Crippen molar-refractivity contribution in [3.05, 3.63) is 17.0 Å². The molecule has 19 heavy (non-hydrogen) atoms. The van der Waals surface area contributed by atoms with E-state index in [1.54, 1.807) is 11.8 Å². The van der Waals surface area contributed by atoms with E-state index >= 15 is 0 Å². The summed E-state index contributed by atoms with van der Waals surface area (Å²) in [6.45, 7) is 0. The minimum Gasteiger partial charge on any atom is -0.477 e. The zero-order chi connectivity index (χ0) is 14.0. The van der Waals surface area contributed by atoms with Gasteiger partial charge < -0.3 is 5.11 Å².